The standard InChI is InChI=1S/C13H12O2/c1-2-6-11-9-12(13(14)15-11)10-7-4-3-5-8-10/h2-5,7-9,11H,1,6H2. The monoisotopic (exact) mass is 200 g/mol. The van der Waals surface area contributed by atoms with Crippen molar-refractivity contribution in [3.63, 3.8) is 0 Å². The molecule has 0 aromatic heterocycles. The van der Waals surface area contributed by atoms with Crippen LogP contribution < -0.4 is 0 Å². The number of benzene rings is 1. The largest absolute Gasteiger partial charge is 0.454 e. The van der Waals surface area contributed by atoms with Gasteiger partial charge in [-0.2, -0.15) is 0 Å². The van der Waals surface area contributed by atoms with Crippen LogP contribution in [0.5, 0.6) is 0 Å². The number of ether oxygens (including phenoxy) is 1. The average Bonchev–Trinajstić information content (AvgIpc) is 2.61. The summed E-state index contributed by atoms with van der Waals surface area (Å²) in [5.41, 5.74) is 1.57. The lowest BCUT2D eigenvalue weighted by Crippen LogP contribution is -2.06. The Balaban J connectivity index is 2.26. The van der Waals surface area contributed by atoms with Crippen molar-refractivity contribution < 1.29 is 9.53 Å². The van der Waals surface area contributed by atoms with Crippen LogP contribution in [-0.2, 0) is 9.53 Å². The predicted molar refractivity (Wildman–Crippen MR) is 59.1 cm³/mol. The van der Waals surface area contributed by atoms with Crippen LogP contribution in [0, 0.1) is 0 Å². The molecule has 2 heteroatoms. The molecular formula is C13H12O2. The maximum Gasteiger partial charge on any atom is 0.339 e. The third-order valence-electron chi connectivity index (χ3n) is 2.31. The summed E-state index contributed by atoms with van der Waals surface area (Å²) in [6.45, 7) is 3.63. The molecule has 1 unspecified atom stereocenters. The maximum absolute atomic E-state index is 11.5. The fourth-order valence-electron chi connectivity index (χ4n) is 1.60. The number of hydrogen-bond acceptors (Lipinski definition) is 2. The van der Waals surface area contributed by atoms with Gasteiger partial charge in [-0.15, -0.1) is 6.58 Å². The van der Waals surface area contributed by atoms with Gasteiger partial charge in [-0.25, -0.2) is 4.79 Å². The van der Waals surface area contributed by atoms with Crippen LogP contribution in [0.1, 0.15) is 12.0 Å². The normalized spacial score (nSPS) is 19.6. The lowest BCUT2D eigenvalue weighted by atomic mass is 10.1. The van der Waals surface area contributed by atoms with Gasteiger partial charge in [0.25, 0.3) is 0 Å². The minimum absolute atomic E-state index is 0.148. The lowest BCUT2D eigenvalue weighted by molar-refractivity contribution is -0.137. The fraction of sp³-hybridized carbons (Fsp3) is 0.154. The van der Waals surface area contributed by atoms with Crippen molar-refractivity contribution in [3.8, 4) is 0 Å². The minimum Gasteiger partial charge on any atom is -0.454 e. The molecule has 0 spiro atoms. The second kappa shape index (κ2) is 4.13. The van der Waals surface area contributed by atoms with E-state index in [1.165, 1.54) is 0 Å². The van der Waals surface area contributed by atoms with Crippen molar-refractivity contribution in [2.45, 2.75) is 12.5 Å². The molecule has 0 saturated heterocycles. The molecule has 15 heavy (non-hydrogen) atoms. The molecule has 2 nitrogen and oxygen atoms in total. The Morgan fingerprint density at radius 1 is 1.33 bits per heavy atom. The molecule has 0 amide bonds. The molecule has 1 aromatic rings. The Hall–Kier alpha value is -1.83. The van der Waals surface area contributed by atoms with Gasteiger partial charge >= 0.3 is 5.97 Å². The van der Waals surface area contributed by atoms with Gasteiger partial charge in [0.2, 0.25) is 0 Å². The summed E-state index contributed by atoms with van der Waals surface area (Å²) >= 11 is 0. The molecule has 0 aliphatic carbocycles. The smallest absolute Gasteiger partial charge is 0.339 e. The highest BCUT2D eigenvalue weighted by atomic mass is 16.5. The van der Waals surface area contributed by atoms with Crippen molar-refractivity contribution >= 4 is 11.5 Å². The van der Waals surface area contributed by atoms with Gasteiger partial charge < -0.3 is 4.74 Å². The molecular weight excluding hydrogens is 188 g/mol. The van der Waals surface area contributed by atoms with E-state index in [2.05, 4.69) is 6.58 Å². The second-order valence-electron chi connectivity index (χ2n) is 3.41. The third-order valence-corrected chi connectivity index (χ3v) is 2.31. The SMILES string of the molecule is C=CCC1C=C(c2ccccc2)C(=O)O1. The molecule has 0 fully saturated rings. The van der Waals surface area contributed by atoms with Gasteiger partial charge in [0.15, 0.2) is 0 Å². The van der Waals surface area contributed by atoms with Crippen molar-refractivity contribution in [3.05, 3.63) is 54.6 Å². The van der Waals surface area contributed by atoms with Crippen LogP contribution in [0.3, 0.4) is 0 Å². The van der Waals surface area contributed by atoms with E-state index in [4.69, 9.17) is 4.74 Å². The third kappa shape index (κ3) is 1.99. The van der Waals surface area contributed by atoms with Crippen LogP contribution in [0.25, 0.3) is 5.57 Å². The van der Waals surface area contributed by atoms with E-state index in [0.717, 1.165) is 5.56 Å². The maximum atomic E-state index is 11.5. The topological polar surface area (TPSA) is 26.3 Å². The highest BCUT2D eigenvalue weighted by Gasteiger charge is 2.25. The Labute approximate surface area is 88.9 Å². The van der Waals surface area contributed by atoms with Gasteiger partial charge in [0, 0.05) is 6.42 Å². The molecule has 1 aromatic carbocycles. The summed E-state index contributed by atoms with van der Waals surface area (Å²) in [4.78, 5) is 11.5. The summed E-state index contributed by atoms with van der Waals surface area (Å²) in [5, 5.41) is 0. The Kier molecular flexibility index (Phi) is 2.68. The molecule has 0 bridgehead atoms. The average molecular weight is 200 g/mol. The molecule has 0 radical (unpaired) electrons. The predicted octanol–water partition coefficient (Wildman–Crippen LogP) is 2.57. The minimum atomic E-state index is -0.243. The molecule has 1 aliphatic rings. The van der Waals surface area contributed by atoms with Crippen molar-refractivity contribution in [2.24, 2.45) is 0 Å². The van der Waals surface area contributed by atoms with Crippen LogP contribution in [-0.4, -0.2) is 12.1 Å². The fourth-order valence-corrected chi connectivity index (χ4v) is 1.60. The van der Waals surface area contributed by atoms with E-state index >= 15 is 0 Å². The number of rotatable bonds is 3. The quantitative estimate of drug-likeness (QED) is 0.553. The van der Waals surface area contributed by atoms with E-state index in [1.54, 1.807) is 6.08 Å². The zero-order valence-electron chi connectivity index (χ0n) is 8.35. The van der Waals surface area contributed by atoms with Crippen LogP contribution in [0.2, 0.25) is 0 Å². The summed E-state index contributed by atoms with van der Waals surface area (Å²) in [7, 11) is 0. The van der Waals surface area contributed by atoms with Gasteiger partial charge in [-0.3, -0.25) is 0 Å². The molecule has 1 aliphatic heterocycles. The van der Waals surface area contributed by atoms with E-state index in [9.17, 15) is 4.79 Å². The van der Waals surface area contributed by atoms with Crippen LogP contribution in [0.4, 0.5) is 0 Å². The van der Waals surface area contributed by atoms with Crippen molar-refractivity contribution in [2.75, 3.05) is 0 Å². The highest BCUT2D eigenvalue weighted by molar-refractivity contribution is 6.18. The van der Waals surface area contributed by atoms with Gasteiger partial charge in [0.05, 0.1) is 5.57 Å². The Bertz CT molecular complexity index is 404. The number of cyclic esters (lactones) is 1. The second-order valence-corrected chi connectivity index (χ2v) is 3.41. The lowest BCUT2D eigenvalue weighted by Gasteiger charge is -2.02. The number of hydrogen-bond donors (Lipinski definition) is 0. The summed E-state index contributed by atoms with van der Waals surface area (Å²) in [5.74, 6) is -0.243. The molecule has 76 valence electrons. The van der Waals surface area contributed by atoms with Gasteiger partial charge in [0.1, 0.15) is 6.10 Å². The Morgan fingerprint density at radius 2 is 2.07 bits per heavy atom. The van der Waals surface area contributed by atoms with Crippen molar-refractivity contribution in [1.82, 2.24) is 0 Å². The molecule has 1 heterocycles. The summed E-state index contributed by atoms with van der Waals surface area (Å²) in [6.07, 6.45) is 4.13. The van der Waals surface area contributed by atoms with Crippen molar-refractivity contribution in [1.29, 1.82) is 0 Å². The first-order valence-electron chi connectivity index (χ1n) is 4.90. The molecule has 0 saturated carbocycles. The summed E-state index contributed by atoms with van der Waals surface area (Å²) < 4.78 is 5.17. The van der Waals surface area contributed by atoms with E-state index in [-0.39, 0.29) is 12.1 Å². The first kappa shape index (κ1) is 9.71. The molecule has 0 N–H and O–H groups in total. The van der Waals surface area contributed by atoms with E-state index < -0.39 is 0 Å². The first-order valence-corrected chi connectivity index (χ1v) is 4.90. The van der Waals surface area contributed by atoms with Crippen LogP contribution in [0.15, 0.2) is 49.1 Å². The van der Waals surface area contributed by atoms with E-state index in [1.807, 2.05) is 36.4 Å². The number of esters is 1. The van der Waals surface area contributed by atoms with Gasteiger partial charge in [-0.1, -0.05) is 36.4 Å². The number of carbonyl (C=O) groups excluding carboxylic acids is 1. The highest BCUT2D eigenvalue weighted by Crippen LogP contribution is 2.25. The molecule has 1 atom stereocenters. The van der Waals surface area contributed by atoms with Gasteiger partial charge in [-0.05, 0) is 11.6 Å². The zero-order valence-corrected chi connectivity index (χ0v) is 8.35. The first-order chi connectivity index (χ1) is 7.31. The van der Waals surface area contributed by atoms with Crippen LogP contribution >= 0.6 is 0 Å². The Morgan fingerprint density at radius 3 is 2.73 bits per heavy atom. The van der Waals surface area contributed by atoms with E-state index in [0.29, 0.717) is 12.0 Å². The zero-order chi connectivity index (χ0) is 10.7. The number of carbonyl (C=O) groups is 1. The summed E-state index contributed by atoms with van der Waals surface area (Å²) in [6, 6.07) is 9.55. The molecule has 2 rings (SSSR count).